The Hall–Kier alpha value is -3.30. The summed E-state index contributed by atoms with van der Waals surface area (Å²) in [5.74, 6) is -1.67. The Morgan fingerprint density at radius 2 is 1.65 bits per heavy atom. The monoisotopic (exact) mass is 477 g/mol. The van der Waals surface area contributed by atoms with Gasteiger partial charge in [0.25, 0.3) is 0 Å². The third kappa shape index (κ3) is 7.93. The maximum absolute atomic E-state index is 13.1. The van der Waals surface area contributed by atoms with Crippen molar-refractivity contribution in [2.24, 2.45) is 0 Å². The number of likely N-dealkylation sites (tertiary alicyclic amines) is 1. The van der Waals surface area contributed by atoms with Gasteiger partial charge in [0.05, 0.1) is 0 Å². The van der Waals surface area contributed by atoms with Gasteiger partial charge >= 0.3 is 18.2 Å². The zero-order valence-electron chi connectivity index (χ0n) is 20.6. The summed E-state index contributed by atoms with van der Waals surface area (Å²) in [5, 5.41) is 9.00. The van der Waals surface area contributed by atoms with Gasteiger partial charge in [-0.25, -0.2) is 9.59 Å². The first-order valence-electron chi connectivity index (χ1n) is 11.2. The van der Waals surface area contributed by atoms with Crippen molar-refractivity contribution in [3.05, 3.63) is 35.9 Å². The molecular weight excluding hydrogens is 442 g/mol. The number of likely N-dealkylation sites (N-methyl/N-ethyl adjacent to an activating group) is 1. The minimum Gasteiger partial charge on any atom is -0.480 e. The lowest BCUT2D eigenvalue weighted by atomic mass is 9.88. The Morgan fingerprint density at radius 3 is 2.18 bits per heavy atom. The van der Waals surface area contributed by atoms with Crippen LogP contribution in [0.25, 0.3) is 0 Å². The van der Waals surface area contributed by atoms with E-state index in [0.29, 0.717) is 25.9 Å². The van der Waals surface area contributed by atoms with Gasteiger partial charge in [-0.2, -0.15) is 0 Å². The summed E-state index contributed by atoms with van der Waals surface area (Å²) in [4.78, 5) is 53.3. The molecule has 188 valence electrons. The fourth-order valence-electron chi connectivity index (χ4n) is 3.59. The minimum absolute atomic E-state index is 0.0371. The number of carbonyl (C=O) groups is 4. The van der Waals surface area contributed by atoms with Crippen LogP contribution in [0.2, 0.25) is 0 Å². The minimum atomic E-state index is -1.15. The van der Waals surface area contributed by atoms with Crippen LogP contribution in [-0.2, 0) is 25.7 Å². The van der Waals surface area contributed by atoms with E-state index in [1.54, 1.807) is 25.7 Å². The van der Waals surface area contributed by atoms with Crippen LogP contribution in [0, 0.1) is 0 Å². The third-order valence-corrected chi connectivity index (χ3v) is 5.66. The molecule has 1 aliphatic rings. The Bertz CT molecular complexity index is 874. The fourth-order valence-corrected chi connectivity index (χ4v) is 3.59. The molecule has 0 bridgehead atoms. The second-order valence-corrected chi connectivity index (χ2v) is 9.73. The molecule has 1 aromatic rings. The van der Waals surface area contributed by atoms with Crippen LogP contribution in [0.1, 0.15) is 46.1 Å². The summed E-state index contributed by atoms with van der Waals surface area (Å²) in [6, 6.07) is 9.17. The van der Waals surface area contributed by atoms with Gasteiger partial charge in [-0.15, -0.1) is 0 Å². The summed E-state index contributed by atoms with van der Waals surface area (Å²) in [6.45, 7) is 7.13. The van der Waals surface area contributed by atoms with Gasteiger partial charge < -0.3 is 24.4 Å². The molecule has 0 unspecified atom stereocenters. The molecule has 0 aromatic heterocycles. The smallest absolute Gasteiger partial charge is 0.411 e. The number of nitrogens with zero attached hydrogens (tertiary/aromatic N) is 3. The second-order valence-electron chi connectivity index (χ2n) is 9.73. The average Bonchev–Trinajstić information content (AvgIpc) is 2.75. The van der Waals surface area contributed by atoms with E-state index in [-0.39, 0.29) is 13.2 Å². The lowest BCUT2D eigenvalue weighted by Gasteiger charge is -2.46. The van der Waals surface area contributed by atoms with Gasteiger partial charge in [0.15, 0.2) is 0 Å². The predicted molar refractivity (Wildman–Crippen MR) is 124 cm³/mol. The van der Waals surface area contributed by atoms with E-state index < -0.39 is 41.7 Å². The van der Waals surface area contributed by atoms with Crippen LogP contribution < -0.4 is 0 Å². The van der Waals surface area contributed by atoms with Crippen LogP contribution in [0.3, 0.4) is 0 Å². The summed E-state index contributed by atoms with van der Waals surface area (Å²) in [6.07, 6.45) is -0.287. The van der Waals surface area contributed by atoms with E-state index in [2.05, 4.69) is 0 Å². The summed E-state index contributed by atoms with van der Waals surface area (Å²) >= 11 is 0. The van der Waals surface area contributed by atoms with Gasteiger partial charge in [-0.1, -0.05) is 30.3 Å². The molecule has 0 radical (unpaired) electrons. The molecule has 1 aliphatic heterocycles. The van der Waals surface area contributed by atoms with Gasteiger partial charge in [0, 0.05) is 25.7 Å². The van der Waals surface area contributed by atoms with Gasteiger partial charge in [-0.3, -0.25) is 14.5 Å². The Labute approximate surface area is 200 Å². The Balaban J connectivity index is 2.14. The van der Waals surface area contributed by atoms with Crippen molar-refractivity contribution >= 4 is 24.1 Å². The van der Waals surface area contributed by atoms with Crippen LogP contribution in [0.15, 0.2) is 30.3 Å². The van der Waals surface area contributed by atoms with Gasteiger partial charge in [-0.05, 0) is 46.1 Å². The normalized spacial score (nSPS) is 15.3. The van der Waals surface area contributed by atoms with Crippen LogP contribution in [-0.4, -0.2) is 88.2 Å². The number of aliphatic carboxylic acids is 1. The zero-order chi connectivity index (χ0) is 25.5. The first-order chi connectivity index (χ1) is 15.8. The molecule has 0 atom stereocenters. The van der Waals surface area contributed by atoms with E-state index in [4.69, 9.17) is 14.6 Å². The van der Waals surface area contributed by atoms with E-state index in [9.17, 15) is 19.2 Å². The molecule has 1 fully saturated rings. The highest BCUT2D eigenvalue weighted by Crippen LogP contribution is 2.30. The highest BCUT2D eigenvalue weighted by Gasteiger charge is 2.42. The van der Waals surface area contributed by atoms with Crippen molar-refractivity contribution in [3.63, 3.8) is 0 Å². The summed E-state index contributed by atoms with van der Waals surface area (Å²) in [7, 11) is 1.37. The molecule has 10 heteroatoms. The van der Waals surface area contributed by atoms with E-state index in [1.165, 1.54) is 11.9 Å². The number of hydrogen-bond donors (Lipinski definition) is 1. The Morgan fingerprint density at radius 1 is 1.06 bits per heavy atom. The summed E-state index contributed by atoms with van der Waals surface area (Å²) < 4.78 is 10.9. The van der Waals surface area contributed by atoms with Crippen molar-refractivity contribution in [1.29, 1.82) is 0 Å². The number of carboxylic acid groups (broad SMARTS) is 1. The average molecular weight is 478 g/mol. The number of piperidine rings is 1. The molecule has 1 N–H and O–H groups in total. The van der Waals surface area contributed by atoms with Gasteiger partial charge in [0.2, 0.25) is 5.91 Å². The highest BCUT2D eigenvalue weighted by molar-refractivity contribution is 5.85. The lowest BCUT2D eigenvalue weighted by molar-refractivity contribution is -0.144. The first-order valence-corrected chi connectivity index (χ1v) is 11.2. The maximum Gasteiger partial charge on any atom is 0.411 e. The summed E-state index contributed by atoms with van der Waals surface area (Å²) in [5.41, 5.74) is -0.590. The number of benzene rings is 1. The number of carbonyl (C=O) groups excluding carboxylic acids is 3. The lowest BCUT2D eigenvalue weighted by Crippen LogP contribution is -2.59. The molecule has 1 heterocycles. The third-order valence-electron chi connectivity index (χ3n) is 5.66. The molecule has 0 saturated carbocycles. The van der Waals surface area contributed by atoms with E-state index in [0.717, 1.165) is 10.5 Å². The largest absolute Gasteiger partial charge is 0.480 e. The fraction of sp³-hybridized carbons (Fsp3) is 0.583. The topological polar surface area (TPSA) is 117 Å². The Kier molecular flexibility index (Phi) is 8.89. The van der Waals surface area contributed by atoms with Crippen LogP contribution in [0.4, 0.5) is 9.59 Å². The SMILES string of the molecule is CN(CC(=O)O)C(=O)CN(C(=O)OCc1ccccc1)C1(C)CCN(C(=O)OC(C)(C)C)CC1. The number of rotatable bonds is 7. The molecule has 1 aromatic carbocycles. The molecule has 0 spiro atoms. The van der Waals surface area contributed by atoms with Crippen molar-refractivity contribution in [2.45, 2.75) is 58.3 Å². The van der Waals surface area contributed by atoms with Crippen LogP contribution >= 0.6 is 0 Å². The number of hydrogen-bond acceptors (Lipinski definition) is 6. The molecule has 3 amide bonds. The molecule has 10 nitrogen and oxygen atoms in total. The van der Waals surface area contributed by atoms with Crippen LogP contribution in [0.5, 0.6) is 0 Å². The van der Waals surface area contributed by atoms with Crippen molar-refractivity contribution in [3.8, 4) is 0 Å². The van der Waals surface area contributed by atoms with E-state index >= 15 is 0 Å². The first kappa shape index (κ1) is 26.9. The molecular formula is C24H35N3O7. The predicted octanol–water partition coefficient (Wildman–Crippen LogP) is 2.96. The molecule has 34 heavy (non-hydrogen) atoms. The molecule has 2 rings (SSSR count). The van der Waals surface area contributed by atoms with Gasteiger partial charge in [0.1, 0.15) is 25.3 Å². The molecule has 0 aliphatic carbocycles. The van der Waals surface area contributed by atoms with Crippen molar-refractivity contribution < 1.29 is 33.8 Å². The number of ether oxygens (including phenoxy) is 2. The maximum atomic E-state index is 13.1. The second kappa shape index (κ2) is 11.2. The van der Waals surface area contributed by atoms with E-state index in [1.807, 2.05) is 37.3 Å². The molecule has 1 saturated heterocycles. The number of amides is 3. The van der Waals surface area contributed by atoms with Crippen molar-refractivity contribution in [1.82, 2.24) is 14.7 Å². The standard InChI is InChI=1S/C24H35N3O7/c1-23(2,3)34-21(31)26-13-11-24(4,12-14-26)27(15-19(28)25(5)16-20(29)30)22(32)33-17-18-9-7-6-8-10-18/h6-10H,11-17H2,1-5H3,(H,29,30). The zero-order valence-corrected chi connectivity index (χ0v) is 20.6. The number of carboxylic acids is 1. The van der Waals surface area contributed by atoms with Crippen molar-refractivity contribution in [2.75, 3.05) is 33.2 Å². The quantitative estimate of drug-likeness (QED) is 0.642. The highest BCUT2D eigenvalue weighted by atomic mass is 16.6.